The highest BCUT2D eigenvalue weighted by Crippen LogP contribution is 2.10. The van der Waals surface area contributed by atoms with Gasteiger partial charge < -0.3 is 10.2 Å². The zero-order valence-corrected chi connectivity index (χ0v) is 9.48. The number of aliphatic hydroxyl groups is 2. The standard InChI is InChI=1S/C5H8BrN3O.C2H6O/c1-3(10)4-7-5(6)8-9(4)2;1-2-3/h3,10H,1-2H3;3H,2H2,1H3. The van der Waals surface area contributed by atoms with Crippen LogP contribution in [0.2, 0.25) is 0 Å². The van der Waals surface area contributed by atoms with Crippen molar-refractivity contribution in [3.05, 3.63) is 10.6 Å². The van der Waals surface area contributed by atoms with E-state index in [-0.39, 0.29) is 6.61 Å². The summed E-state index contributed by atoms with van der Waals surface area (Å²) in [6.07, 6.45) is -0.566. The van der Waals surface area contributed by atoms with Crippen molar-refractivity contribution in [1.29, 1.82) is 0 Å². The van der Waals surface area contributed by atoms with E-state index >= 15 is 0 Å². The summed E-state index contributed by atoms with van der Waals surface area (Å²) in [4.78, 5) is 3.93. The molecule has 0 bridgehead atoms. The second-order valence-corrected chi connectivity index (χ2v) is 3.06. The lowest BCUT2D eigenvalue weighted by atomic mass is 10.4. The molecule has 0 spiro atoms. The Morgan fingerprint density at radius 3 is 2.23 bits per heavy atom. The molecule has 13 heavy (non-hydrogen) atoms. The van der Waals surface area contributed by atoms with Crippen molar-refractivity contribution in [2.45, 2.75) is 20.0 Å². The number of aliphatic hydroxyl groups excluding tert-OH is 2. The van der Waals surface area contributed by atoms with Crippen molar-refractivity contribution in [3.8, 4) is 0 Å². The van der Waals surface area contributed by atoms with E-state index < -0.39 is 6.10 Å². The van der Waals surface area contributed by atoms with Crippen molar-refractivity contribution < 1.29 is 10.2 Å². The summed E-state index contributed by atoms with van der Waals surface area (Å²) in [6.45, 7) is 3.58. The SMILES string of the molecule is CC(O)c1nc(Br)nn1C.CCO. The van der Waals surface area contributed by atoms with Crippen LogP contribution in [0.25, 0.3) is 0 Å². The lowest BCUT2D eigenvalue weighted by molar-refractivity contribution is 0.184. The molecule has 1 atom stereocenters. The first kappa shape index (κ1) is 12.5. The van der Waals surface area contributed by atoms with Crippen molar-refractivity contribution >= 4 is 15.9 Å². The van der Waals surface area contributed by atoms with Crippen LogP contribution in [0.5, 0.6) is 0 Å². The minimum Gasteiger partial charge on any atom is -0.397 e. The molecule has 0 aliphatic rings. The van der Waals surface area contributed by atoms with Gasteiger partial charge in [0.1, 0.15) is 6.10 Å². The van der Waals surface area contributed by atoms with Crippen LogP contribution < -0.4 is 0 Å². The molecule has 1 aromatic rings. The Balaban J connectivity index is 0.000000424. The molecule has 76 valence electrons. The molecule has 0 aliphatic heterocycles. The van der Waals surface area contributed by atoms with Crippen molar-refractivity contribution in [2.24, 2.45) is 7.05 Å². The molecule has 0 aromatic carbocycles. The number of halogens is 1. The summed E-state index contributed by atoms with van der Waals surface area (Å²) in [6, 6.07) is 0. The molecule has 1 unspecified atom stereocenters. The van der Waals surface area contributed by atoms with Crippen LogP contribution >= 0.6 is 15.9 Å². The smallest absolute Gasteiger partial charge is 0.217 e. The second kappa shape index (κ2) is 6.06. The fraction of sp³-hybridized carbons (Fsp3) is 0.714. The van der Waals surface area contributed by atoms with Crippen LogP contribution in [0.3, 0.4) is 0 Å². The van der Waals surface area contributed by atoms with E-state index in [0.29, 0.717) is 10.6 Å². The van der Waals surface area contributed by atoms with E-state index in [2.05, 4.69) is 26.0 Å². The number of aromatic nitrogens is 3. The fourth-order valence-electron chi connectivity index (χ4n) is 0.728. The third kappa shape index (κ3) is 4.35. The zero-order valence-electron chi connectivity index (χ0n) is 7.90. The molecule has 0 saturated carbocycles. The van der Waals surface area contributed by atoms with Crippen molar-refractivity contribution in [2.75, 3.05) is 6.61 Å². The molecule has 6 heteroatoms. The highest BCUT2D eigenvalue weighted by molar-refractivity contribution is 9.10. The van der Waals surface area contributed by atoms with Gasteiger partial charge in [0.05, 0.1) is 0 Å². The minimum absolute atomic E-state index is 0.250. The van der Waals surface area contributed by atoms with Gasteiger partial charge in [0.15, 0.2) is 5.82 Å². The molecule has 2 N–H and O–H groups in total. The third-order valence-electron chi connectivity index (χ3n) is 1.14. The first-order valence-electron chi connectivity index (χ1n) is 3.88. The molecular weight excluding hydrogens is 238 g/mol. The van der Waals surface area contributed by atoms with E-state index in [1.54, 1.807) is 20.9 Å². The van der Waals surface area contributed by atoms with Gasteiger partial charge in [-0.3, -0.25) is 0 Å². The highest BCUT2D eigenvalue weighted by atomic mass is 79.9. The monoisotopic (exact) mass is 251 g/mol. The van der Waals surface area contributed by atoms with Crippen LogP contribution in [0, 0.1) is 0 Å². The van der Waals surface area contributed by atoms with Gasteiger partial charge in [0, 0.05) is 13.7 Å². The number of aryl methyl sites for hydroxylation is 1. The number of hydrogen-bond donors (Lipinski definition) is 2. The quantitative estimate of drug-likeness (QED) is 0.769. The van der Waals surface area contributed by atoms with E-state index in [4.69, 9.17) is 10.2 Å². The Morgan fingerprint density at radius 2 is 2.08 bits per heavy atom. The molecule has 0 saturated heterocycles. The molecule has 1 heterocycles. The van der Waals surface area contributed by atoms with E-state index in [1.165, 1.54) is 4.68 Å². The second-order valence-electron chi connectivity index (χ2n) is 2.35. The number of hydrogen-bond acceptors (Lipinski definition) is 4. The summed E-state index contributed by atoms with van der Waals surface area (Å²) in [5.74, 6) is 0.562. The summed E-state index contributed by atoms with van der Waals surface area (Å²) in [5, 5.41) is 20.5. The summed E-state index contributed by atoms with van der Waals surface area (Å²) in [5.41, 5.74) is 0. The summed E-state index contributed by atoms with van der Waals surface area (Å²) >= 11 is 3.10. The number of nitrogens with zero attached hydrogens (tertiary/aromatic N) is 3. The van der Waals surface area contributed by atoms with Gasteiger partial charge in [-0.2, -0.15) is 0 Å². The predicted octanol–water partition coefficient (Wildman–Crippen LogP) is 0.629. The van der Waals surface area contributed by atoms with Gasteiger partial charge in [-0.25, -0.2) is 9.67 Å². The van der Waals surface area contributed by atoms with E-state index in [9.17, 15) is 0 Å². The van der Waals surface area contributed by atoms with Gasteiger partial charge in [0.2, 0.25) is 4.73 Å². The lowest BCUT2D eigenvalue weighted by Gasteiger charge is -1.99. The maximum absolute atomic E-state index is 9.07. The Morgan fingerprint density at radius 1 is 1.62 bits per heavy atom. The molecule has 0 amide bonds. The Labute approximate surface area is 85.5 Å². The van der Waals surface area contributed by atoms with Crippen molar-refractivity contribution in [1.82, 2.24) is 14.8 Å². The van der Waals surface area contributed by atoms with Crippen LogP contribution in [-0.4, -0.2) is 31.6 Å². The highest BCUT2D eigenvalue weighted by Gasteiger charge is 2.08. The Hall–Kier alpha value is -0.460. The average Bonchev–Trinajstić information content (AvgIpc) is 2.31. The van der Waals surface area contributed by atoms with E-state index in [0.717, 1.165) is 0 Å². The largest absolute Gasteiger partial charge is 0.397 e. The van der Waals surface area contributed by atoms with Crippen LogP contribution in [0.15, 0.2) is 4.73 Å². The molecule has 5 nitrogen and oxygen atoms in total. The maximum atomic E-state index is 9.07. The molecule has 1 aromatic heterocycles. The van der Waals surface area contributed by atoms with Crippen LogP contribution in [-0.2, 0) is 7.05 Å². The zero-order chi connectivity index (χ0) is 10.4. The van der Waals surface area contributed by atoms with Gasteiger partial charge in [-0.1, -0.05) is 0 Å². The molecule has 0 radical (unpaired) electrons. The molecule has 0 aliphatic carbocycles. The van der Waals surface area contributed by atoms with Gasteiger partial charge >= 0.3 is 0 Å². The molecular formula is C7H14BrN3O2. The first-order chi connectivity index (χ1) is 6.02. The number of rotatable bonds is 1. The minimum atomic E-state index is -0.566. The van der Waals surface area contributed by atoms with Gasteiger partial charge in [0.25, 0.3) is 0 Å². The third-order valence-corrected chi connectivity index (χ3v) is 1.48. The molecule has 1 rings (SSSR count). The van der Waals surface area contributed by atoms with Gasteiger partial charge in [-0.05, 0) is 29.8 Å². The lowest BCUT2D eigenvalue weighted by Crippen LogP contribution is -2.02. The van der Waals surface area contributed by atoms with Crippen LogP contribution in [0.1, 0.15) is 25.8 Å². The predicted molar refractivity (Wildman–Crippen MR) is 52.1 cm³/mol. The Bertz CT molecular complexity index is 250. The normalized spacial score (nSPS) is 11.8. The van der Waals surface area contributed by atoms with Crippen molar-refractivity contribution in [3.63, 3.8) is 0 Å². The summed E-state index contributed by atoms with van der Waals surface area (Å²) < 4.78 is 2.04. The maximum Gasteiger partial charge on any atom is 0.217 e. The average molecular weight is 252 g/mol. The van der Waals surface area contributed by atoms with Gasteiger partial charge in [-0.15, -0.1) is 5.10 Å². The van der Waals surface area contributed by atoms with Crippen LogP contribution in [0.4, 0.5) is 0 Å². The topological polar surface area (TPSA) is 71.2 Å². The van der Waals surface area contributed by atoms with E-state index in [1.807, 2.05) is 0 Å². The molecule has 0 fully saturated rings. The Kier molecular flexibility index (Phi) is 5.85. The fourth-order valence-corrected chi connectivity index (χ4v) is 1.15. The summed E-state index contributed by atoms with van der Waals surface area (Å²) in [7, 11) is 1.74. The first-order valence-corrected chi connectivity index (χ1v) is 4.67.